The van der Waals surface area contributed by atoms with Gasteiger partial charge in [0.05, 0.1) is 13.2 Å². The zero-order valence-electron chi connectivity index (χ0n) is 15.4. The molecule has 0 bridgehead atoms. The van der Waals surface area contributed by atoms with Gasteiger partial charge < -0.3 is 20.5 Å². The van der Waals surface area contributed by atoms with Crippen molar-refractivity contribution in [1.82, 2.24) is 10.6 Å². The third kappa shape index (κ3) is 7.50. The first-order chi connectivity index (χ1) is 11.7. The molecule has 5 nitrogen and oxygen atoms in total. The Hall–Kier alpha value is -0.860. The fraction of sp³-hybridized carbons (Fsp3) is 0.632. The minimum atomic E-state index is -0.00631. The highest BCUT2D eigenvalue weighted by molar-refractivity contribution is 14.0. The van der Waals surface area contributed by atoms with Gasteiger partial charge in [0, 0.05) is 31.7 Å². The molecule has 0 amide bonds. The number of guanidine groups is 1. The highest BCUT2D eigenvalue weighted by atomic mass is 127. The number of hydrogen-bond acceptors (Lipinski definition) is 3. The van der Waals surface area contributed by atoms with Gasteiger partial charge in [-0.3, -0.25) is 4.99 Å². The molecule has 0 aliphatic carbocycles. The van der Waals surface area contributed by atoms with Gasteiger partial charge in [-0.1, -0.05) is 29.8 Å². The van der Waals surface area contributed by atoms with Crippen molar-refractivity contribution >= 4 is 29.9 Å². The summed E-state index contributed by atoms with van der Waals surface area (Å²) in [5.74, 6) is 0.842. The quantitative estimate of drug-likeness (QED) is 0.316. The van der Waals surface area contributed by atoms with Crippen molar-refractivity contribution in [3.05, 3.63) is 35.4 Å². The van der Waals surface area contributed by atoms with Gasteiger partial charge in [-0.05, 0) is 38.7 Å². The van der Waals surface area contributed by atoms with Crippen LogP contribution in [0.3, 0.4) is 0 Å². The lowest BCUT2D eigenvalue weighted by atomic mass is 9.84. The van der Waals surface area contributed by atoms with Gasteiger partial charge >= 0.3 is 0 Å². The molecule has 0 aromatic heterocycles. The Kier molecular flexibility index (Phi) is 10.4. The van der Waals surface area contributed by atoms with Crippen LogP contribution in [0.1, 0.15) is 30.9 Å². The molecule has 0 spiro atoms. The summed E-state index contributed by atoms with van der Waals surface area (Å²) in [5, 5.41) is 16.0. The van der Waals surface area contributed by atoms with Crippen LogP contribution in [0.5, 0.6) is 0 Å². The molecule has 1 heterocycles. The van der Waals surface area contributed by atoms with Crippen LogP contribution in [0.2, 0.25) is 0 Å². The van der Waals surface area contributed by atoms with Gasteiger partial charge in [0.1, 0.15) is 0 Å². The standard InChI is InChI=1S/C19H31N3O2.HI/c1-3-20-18(21-10-7-17-6-4-5-16(2)13-17)22-14-19(8-11-23)9-12-24-15-19;/h4-6,13,23H,3,7-12,14-15H2,1-2H3,(H2,20,21,22);1H. The maximum absolute atomic E-state index is 9.32. The predicted molar refractivity (Wildman–Crippen MR) is 114 cm³/mol. The summed E-state index contributed by atoms with van der Waals surface area (Å²) >= 11 is 0. The summed E-state index contributed by atoms with van der Waals surface area (Å²) in [4.78, 5) is 4.74. The summed E-state index contributed by atoms with van der Waals surface area (Å²) < 4.78 is 5.53. The number of nitrogens with one attached hydrogen (secondary N) is 2. The highest BCUT2D eigenvalue weighted by Gasteiger charge is 2.34. The van der Waals surface area contributed by atoms with Crippen molar-refractivity contribution in [3.63, 3.8) is 0 Å². The zero-order valence-corrected chi connectivity index (χ0v) is 17.7. The normalized spacial score (nSPS) is 20.2. The smallest absolute Gasteiger partial charge is 0.191 e. The number of aliphatic hydroxyl groups is 1. The lowest BCUT2D eigenvalue weighted by Crippen LogP contribution is -2.39. The molecule has 3 N–H and O–H groups in total. The third-order valence-corrected chi connectivity index (χ3v) is 4.53. The lowest BCUT2D eigenvalue weighted by Gasteiger charge is -2.24. The molecule has 1 aromatic carbocycles. The maximum atomic E-state index is 9.32. The van der Waals surface area contributed by atoms with E-state index in [0.717, 1.165) is 44.9 Å². The van der Waals surface area contributed by atoms with E-state index in [1.165, 1.54) is 11.1 Å². The van der Waals surface area contributed by atoms with Gasteiger partial charge in [-0.2, -0.15) is 0 Å². The molecule has 1 unspecified atom stereocenters. The molecule has 142 valence electrons. The molecule has 1 fully saturated rings. The van der Waals surface area contributed by atoms with Gasteiger partial charge in [0.15, 0.2) is 5.96 Å². The molecular formula is C19H32IN3O2. The van der Waals surface area contributed by atoms with Gasteiger partial charge in [0.2, 0.25) is 0 Å². The van der Waals surface area contributed by atoms with Crippen LogP contribution in [0.4, 0.5) is 0 Å². The number of rotatable bonds is 8. The summed E-state index contributed by atoms with van der Waals surface area (Å²) in [6.07, 6.45) is 2.69. The molecule has 1 saturated heterocycles. The van der Waals surface area contributed by atoms with E-state index in [0.29, 0.717) is 13.2 Å². The summed E-state index contributed by atoms with van der Waals surface area (Å²) in [5.41, 5.74) is 2.62. The molecule has 0 radical (unpaired) electrons. The molecule has 1 aliphatic rings. The Morgan fingerprint density at radius 2 is 2.20 bits per heavy atom. The molecule has 1 aromatic rings. The minimum absolute atomic E-state index is 0. The van der Waals surface area contributed by atoms with E-state index in [1.54, 1.807) is 0 Å². The lowest BCUT2D eigenvalue weighted by molar-refractivity contribution is 0.131. The van der Waals surface area contributed by atoms with Crippen LogP contribution in [0, 0.1) is 12.3 Å². The van der Waals surface area contributed by atoms with Gasteiger partial charge in [-0.25, -0.2) is 0 Å². The van der Waals surface area contributed by atoms with Crippen LogP contribution < -0.4 is 10.6 Å². The molecule has 25 heavy (non-hydrogen) atoms. The number of halogens is 1. The van der Waals surface area contributed by atoms with Crippen LogP contribution >= 0.6 is 24.0 Å². The second kappa shape index (κ2) is 11.7. The topological polar surface area (TPSA) is 65.9 Å². The molecule has 6 heteroatoms. The molecular weight excluding hydrogens is 429 g/mol. The maximum Gasteiger partial charge on any atom is 0.191 e. The van der Waals surface area contributed by atoms with Gasteiger partial charge in [0.25, 0.3) is 0 Å². The van der Waals surface area contributed by atoms with Crippen molar-refractivity contribution in [3.8, 4) is 0 Å². The summed E-state index contributed by atoms with van der Waals surface area (Å²) in [7, 11) is 0. The van der Waals surface area contributed by atoms with E-state index in [-0.39, 0.29) is 36.0 Å². The van der Waals surface area contributed by atoms with Gasteiger partial charge in [-0.15, -0.1) is 24.0 Å². The minimum Gasteiger partial charge on any atom is -0.396 e. The molecule has 1 aliphatic heterocycles. The van der Waals surface area contributed by atoms with Crippen LogP contribution in [0.25, 0.3) is 0 Å². The van der Waals surface area contributed by atoms with E-state index < -0.39 is 0 Å². The van der Waals surface area contributed by atoms with Crippen LogP contribution in [0.15, 0.2) is 29.3 Å². The number of hydrogen-bond donors (Lipinski definition) is 3. The Morgan fingerprint density at radius 3 is 2.84 bits per heavy atom. The first kappa shape index (κ1) is 22.2. The number of ether oxygens (including phenoxy) is 1. The van der Waals surface area contributed by atoms with E-state index in [1.807, 2.05) is 0 Å². The third-order valence-electron chi connectivity index (χ3n) is 4.53. The second-order valence-electron chi connectivity index (χ2n) is 6.64. The van der Waals surface area contributed by atoms with Crippen molar-refractivity contribution in [2.45, 2.75) is 33.1 Å². The van der Waals surface area contributed by atoms with Crippen molar-refractivity contribution in [2.75, 3.05) is 39.5 Å². The Morgan fingerprint density at radius 1 is 1.36 bits per heavy atom. The monoisotopic (exact) mass is 461 g/mol. The fourth-order valence-electron chi connectivity index (χ4n) is 3.07. The number of benzene rings is 1. The van der Waals surface area contributed by atoms with Crippen molar-refractivity contribution < 1.29 is 9.84 Å². The molecule has 1 atom stereocenters. The number of aryl methyl sites for hydroxylation is 1. The van der Waals surface area contributed by atoms with Crippen LogP contribution in [-0.4, -0.2) is 50.5 Å². The van der Waals surface area contributed by atoms with Crippen LogP contribution in [-0.2, 0) is 11.2 Å². The largest absolute Gasteiger partial charge is 0.396 e. The number of aliphatic imine (C=N–C) groups is 1. The average molecular weight is 461 g/mol. The SMILES string of the molecule is CCNC(=NCC1(CCO)CCOC1)NCCc1cccc(C)c1.I. The highest BCUT2D eigenvalue weighted by Crippen LogP contribution is 2.32. The summed E-state index contributed by atoms with van der Waals surface area (Å²) in [6, 6.07) is 8.60. The fourth-order valence-corrected chi connectivity index (χ4v) is 3.07. The van der Waals surface area contributed by atoms with Crippen molar-refractivity contribution in [2.24, 2.45) is 10.4 Å². The molecule has 2 rings (SSSR count). The van der Waals surface area contributed by atoms with E-state index in [9.17, 15) is 5.11 Å². The molecule has 0 saturated carbocycles. The number of nitrogens with zero attached hydrogens (tertiary/aromatic N) is 1. The second-order valence-corrected chi connectivity index (χ2v) is 6.64. The average Bonchev–Trinajstić information content (AvgIpc) is 3.02. The number of aliphatic hydroxyl groups excluding tert-OH is 1. The van der Waals surface area contributed by atoms with E-state index in [2.05, 4.69) is 48.7 Å². The summed E-state index contributed by atoms with van der Waals surface area (Å²) in [6.45, 7) is 8.21. The first-order valence-corrected chi connectivity index (χ1v) is 8.94. The van der Waals surface area contributed by atoms with E-state index >= 15 is 0 Å². The Labute approximate surface area is 168 Å². The zero-order chi connectivity index (χ0) is 17.3. The first-order valence-electron chi connectivity index (χ1n) is 8.94. The Bertz CT molecular complexity index is 531. The predicted octanol–water partition coefficient (Wildman–Crippen LogP) is 2.50. The van der Waals surface area contributed by atoms with E-state index in [4.69, 9.17) is 9.73 Å². The Balaban J connectivity index is 0.00000312. The van der Waals surface area contributed by atoms with Crippen molar-refractivity contribution in [1.29, 1.82) is 0 Å².